The van der Waals surface area contributed by atoms with Gasteiger partial charge < -0.3 is 10.6 Å². The van der Waals surface area contributed by atoms with E-state index in [1.807, 2.05) is 6.92 Å². The Bertz CT molecular complexity index is 361. The maximum absolute atomic E-state index is 11.6. The van der Waals surface area contributed by atoms with Gasteiger partial charge in [-0.3, -0.25) is 5.32 Å². The zero-order valence-electron chi connectivity index (χ0n) is 9.12. The van der Waals surface area contributed by atoms with E-state index in [-0.39, 0.29) is 12.1 Å². The van der Waals surface area contributed by atoms with Crippen molar-refractivity contribution in [2.24, 2.45) is 0 Å². The van der Waals surface area contributed by atoms with Gasteiger partial charge in [0.15, 0.2) is 0 Å². The van der Waals surface area contributed by atoms with Gasteiger partial charge in [0.25, 0.3) is 0 Å². The molecular formula is C9H15N5OS. The Labute approximate surface area is 97.8 Å². The zero-order chi connectivity index (χ0) is 11.4. The number of carbonyl (C=O) groups is 1. The molecule has 0 bridgehead atoms. The highest BCUT2D eigenvalue weighted by Gasteiger charge is 2.15. The van der Waals surface area contributed by atoms with Crippen LogP contribution in [0.15, 0.2) is 0 Å². The average molecular weight is 241 g/mol. The van der Waals surface area contributed by atoms with Crippen molar-refractivity contribution in [2.45, 2.75) is 25.8 Å². The van der Waals surface area contributed by atoms with E-state index in [1.165, 1.54) is 11.3 Å². The van der Waals surface area contributed by atoms with Gasteiger partial charge in [-0.15, -0.1) is 10.2 Å². The van der Waals surface area contributed by atoms with E-state index in [0.717, 1.165) is 30.9 Å². The Balaban J connectivity index is 1.79. The van der Waals surface area contributed by atoms with Gasteiger partial charge in [-0.2, -0.15) is 0 Å². The van der Waals surface area contributed by atoms with Crippen molar-refractivity contribution in [1.82, 2.24) is 20.8 Å². The SMILES string of the molecule is Cc1nnc(NC(=O)N[C@@H]2CCCNC2)s1. The van der Waals surface area contributed by atoms with E-state index >= 15 is 0 Å². The largest absolute Gasteiger partial charge is 0.334 e. The van der Waals surface area contributed by atoms with Crippen molar-refractivity contribution in [3.63, 3.8) is 0 Å². The lowest BCUT2D eigenvalue weighted by molar-refractivity contribution is 0.245. The fourth-order valence-corrected chi connectivity index (χ4v) is 2.23. The van der Waals surface area contributed by atoms with Gasteiger partial charge in [0.2, 0.25) is 5.13 Å². The summed E-state index contributed by atoms with van der Waals surface area (Å²) in [7, 11) is 0. The molecule has 16 heavy (non-hydrogen) atoms. The zero-order valence-corrected chi connectivity index (χ0v) is 9.93. The number of hydrogen-bond donors (Lipinski definition) is 3. The molecule has 1 aromatic rings. The maximum atomic E-state index is 11.6. The molecule has 1 aliphatic heterocycles. The van der Waals surface area contributed by atoms with Gasteiger partial charge in [0, 0.05) is 12.6 Å². The Kier molecular flexibility index (Phi) is 3.68. The van der Waals surface area contributed by atoms with Gasteiger partial charge in [-0.05, 0) is 26.3 Å². The van der Waals surface area contributed by atoms with Crippen molar-refractivity contribution in [1.29, 1.82) is 0 Å². The molecular weight excluding hydrogens is 226 g/mol. The molecule has 88 valence electrons. The third-order valence-corrected chi connectivity index (χ3v) is 3.13. The van der Waals surface area contributed by atoms with E-state index < -0.39 is 0 Å². The Morgan fingerprint density at radius 1 is 1.56 bits per heavy atom. The first kappa shape index (κ1) is 11.3. The van der Waals surface area contributed by atoms with Crippen LogP contribution in [0, 0.1) is 6.92 Å². The average Bonchev–Trinajstić information content (AvgIpc) is 2.65. The number of rotatable bonds is 2. The molecule has 0 aliphatic carbocycles. The summed E-state index contributed by atoms with van der Waals surface area (Å²) < 4.78 is 0. The lowest BCUT2D eigenvalue weighted by Crippen LogP contribution is -2.47. The number of nitrogens with zero attached hydrogens (tertiary/aromatic N) is 2. The van der Waals surface area contributed by atoms with Crippen LogP contribution in [0.1, 0.15) is 17.8 Å². The molecule has 2 heterocycles. The van der Waals surface area contributed by atoms with Crippen LogP contribution in [-0.4, -0.2) is 35.4 Å². The molecule has 3 N–H and O–H groups in total. The minimum atomic E-state index is -0.204. The summed E-state index contributed by atoms with van der Waals surface area (Å²) in [6.45, 7) is 3.73. The molecule has 1 saturated heterocycles. The highest BCUT2D eigenvalue weighted by Crippen LogP contribution is 2.13. The number of aromatic nitrogens is 2. The van der Waals surface area contributed by atoms with Crippen LogP contribution in [-0.2, 0) is 0 Å². The van der Waals surface area contributed by atoms with Crippen molar-refractivity contribution < 1.29 is 4.79 Å². The Morgan fingerprint density at radius 3 is 3.06 bits per heavy atom. The Hall–Kier alpha value is -1.21. The first-order chi connectivity index (χ1) is 7.74. The fourth-order valence-electron chi connectivity index (χ4n) is 1.64. The number of amides is 2. The number of anilines is 1. The number of carbonyl (C=O) groups excluding carboxylic acids is 1. The minimum Gasteiger partial charge on any atom is -0.334 e. The second kappa shape index (κ2) is 5.22. The van der Waals surface area contributed by atoms with Crippen molar-refractivity contribution in [2.75, 3.05) is 18.4 Å². The summed E-state index contributed by atoms with van der Waals surface area (Å²) in [4.78, 5) is 11.6. The highest BCUT2D eigenvalue weighted by atomic mass is 32.1. The van der Waals surface area contributed by atoms with Crippen LogP contribution in [0.25, 0.3) is 0 Å². The molecule has 0 saturated carbocycles. The topological polar surface area (TPSA) is 78.9 Å². The van der Waals surface area contributed by atoms with Gasteiger partial charge >= 0.3 is 6.03 Å². The molecule has 1 fully saturated rings. The fraction of sp³-hybridized carbons (Fsp3) is 0.667. The predicted octanol–water partition coefficient (Wildman–Crippen LogP) is 0.720. The van der Waals surface area contributed by atoms with Crippen molar-refractivity contribution in [3.05, 3.63) is 5.01 Å². The van der Waals surface area contributed by atoms with Crippen LogP contribution in [0.2, 0.25) is 0 Å². The van der Waals surface area contributed by atoms with Crippen molar-refractivity contribution in [3.8, 4) is 0 Å². The molecule has 1 atom stereocenters. The summed E-state index contributed by atoms with van der Waals surface area (Å²) in [5, 5.41) is 17.9. The highest BCUT2D eigenvalue weighted by molar-refractivity contribution is 7.15. The third kappa shape index (κ3) is 3.14. The maximum Gasteiger partial charge on any atom is 0.321 e. The lowest BCUT2D eigenvalue weighted by Gasteiger charge is -2.23. The minimum absolute atomic E-state index is 0.204. The second-order valence-corrected chi connectivity index (χ2v) is 4.95. The lowest BCUT2D eigenvalue weighted by atomic mass is 10.1. The quantitative estimate of drug-likeness (QED) is 0.713. The van der Waals surface area contributed by atoms with Crippen LogP contribution in [0.3, 0.4) is 0 Å². The van der Waals surface area contributed by atoms with Gasteiger partial charge in [-0.1, -0.05) is 11.3 Å². The Morgan fingerprint density at radius 2 is 2.44 bits per heavy atom. The third-order valence-electron chi connectivity index (χ3n) is 2.38. The standard InChI is InChI=1S/C9H15N5OS/c1-6-13-14-9(16-6)12-8(15)11-7-3-2-4-10-5-7/h7,10H,2-5H2,1H3,(H2,11,12,14,15)/t7-/m1/s1. The molecule has 0 aromatic carbocycles. The molecule has 2 amide bonds. The van der Waals surface area contributed by atoms with Crippen LogP contribution >= 0.6 is 11.3 Å². The molecule has 6 nitrogen and oxygen atoms in total. The number of urea groups is 1. The number of nitrogens with one attached hydrogen (secondary N) is 3. The smallest absolute Gasteiger partial charge is 0.321 e. The first-order valence-corrected chi connectivity index (χ1v) is 6.14. The summed E-state index contributed by atoms with van der Waals surface area (Å²) >= 11 is 1.37. The molecule has 0 unspecified atom stereocenters. The van der Waals surface area contributed by atoms with Gasteiger partial charge in [0.05, 0.1) is 0 Å². The van der Waals surface area contributed by atoms with E-state index in [4.69, 9.17) is 0 Å². The summed E-state index contributed by atoms with van der Waals surface area (Å²) in [5.74, 6) is 0. The normalized spacial score (nSPS) is 20.4. The van der Waals surface area contributed by atoms with E-state index in [2.05, 4.69) is 26.1 Å². The molecule has 2 rings (SSSR count). The van der Waals surface area contributed by atoms with E-state index in [1.54, 1.807) is 0 Å². The van der Waals surface area contributed by atoms with E-state index in [9.17, 15) is 4.79 Å². The predicted molar refractivity (Wildman–Crippen MR) is 62.7 cm³/mol. The van der Waals surface area contributed by atoms with Crippen LogP contribution in [0.4, 0.5) is 9.93 Å². The monoisotopic (exact) mass is 241 g/mol. The number of piperidine rings is 1. The first-order valence-electron chi connectivity index (χ1n) is 5.32. The van der Waals surface area contributed by atoms with Crippen LogP contribution < -0.4 is 16.0 Å². The molecule has 1 aromatic heterocycles. The molecule has 0 radical (unpaired) electrons. The van der Waals surface area contributed by atoms with Gasteiger partial charge in [-0.25, -0.2) is 4.79 Å². The van der Waals surface area contributed by atoms with Crippen LogP contribution in [0.5, 0.6) is 0 Å². The van der Waals surface area contributed by atoms with Crippen molar-refractivity contribution >= 4 is 22.5 Å². The summed E-state index contributed by atoms with van der Waals surface area (Å²) in [5.41, 5.74) is 0. The van der Waals surface area contributed by atoms with E-state index in [0.29, 0.717) is 5.13 Å². The van der Waals surface area contributed by atoms with Gasteiger partial charge in [0.1, 0.15) is 5.01 Å². The second-order valence-electron chi connectivity index (χ2n) is 3.77. The summed E-state index contributed by atoms with van der Waals surface area (Å²) in [6.07, 6.45) is 2.12. The molecule has 1 aliphatic rings. The molecule has 0 spiro atoms. The number of hydrogen-bond acceptors (Lipinski definition) is 5. The molecule has 7 heteroatoms. The summed E-state index contributed by atoms with van der Waals surface area (Å²) in [6, 6.07) is 0.00705. The number of aryl methyl sites for hydroxylation is 1.